The van der Waals surface area contributed by atoms with Crippen molar-refractivity contribution in [1.82, 2.24) is 10.2 Å². The van der Waals surface area contributed by atoms with Crippen LogP contribution in [0.3, 0.4) is 0 Å². The summed E-state index contributed by atoms with van der Waals surface area (Å²) in [6.07, 6.45) is 0.220. The topological polar surface area (TPSA) is 86.8 Å². The summed E-state index contributed by atoms with van der Waals surface area (Å²) in [5.74, 6) is -0.731. The first-order valence-corrected chi connectivity index (χ1v) is 17.7. The van der Waals surface area contributed by atoms with E-state index in [0.29, 0.717) is 6.54 Å². The third-order valence-electron chi connectivity index (χ3n) is 7.22. The number of aryl methyl sites for hydroxylation is 1. The van der Waals surface area contributed by atoms with Crippen LogP contribution in [0.1, 0.15) is 30.5 Å². The van der Waals surface area contributed by atoms with Gasteiger partial charge < -0.3 is 10.2 Å². The summed E-state index contributed by atoms with van der Waals surface area (Å²) < 4.78 is 30.2. The van der Waals surface area contributed by atoms with Crippen molar-refractivity contribution in [3.05, 3.63) is 128 Å². The second-order valence-corrected chi connectivity index (χ2v) is 15.1. The molecule has 7 nitrogen and oxygen atoms in total. The Bertz CT molecular complexity index is 1750. The fraction of sp³-hybridized carbons (Fsp3) is 0.257. The van der Waals surface area contributed by atoms with Crippen LogP contribution in [0.4, 0.5) is 5.69 Å². The molecule has 0 bridgehead atoms. The summed E-state index contributed by atoms with van der Waals surface area (Å²) in [7, 11) is -4.28. The maximum Gasteiger partial charge on any atom is 0.264 e. The van der Waals surface area contributed by atoms with Crippen LogP contribution in [-0.4, -0.2) is 44.3 Å². The number of nitrogens with one attached hydrogen (secondary N) is 1. The SMILES string of the molecule is Cc1ccc(S(=O)(=O)N(CC(=O)N(Cc2cccc(Br)c2)[C@H](Cc2ccccc2)C(=O)NCC(C)C)c2cc(Cl)cc(Cl)c2)cc1. The van der Waals surface area contributed by atoms with Crippen LogP contribution in [0.5, 0.6) is 0 Å². The largest absolute Gasteiger partial charge is 0.354 e. The number of amides is 2. The van der Waals surface area contributed by atoms with Crippen LogP contribution in [0.25, 0.3) is 0 Å². The highest BCUT2D eigenvalue weighted by Gasteiger charge is 2.35. The Hall–Kier alpha value is -3.37. The summed E-state index contributed by atoms with van der Waals surface area (Å²) in [5, 5.41) is 3.40. The molecule has 4 aromatic rings. The van der Waals surface area contributed by atoms with Gasteiger partial charge in [0.1, 0.15) is 12.6 Å². The minimum atomic E-state index is -4.28. The Morgan fingerprint density at radius 2 is 1.48 bits per heavy atom. The van der Waals surface area contributed by atoms with Crippen LogP contribution >= 0.6 is 39.1 Å². The fourth-order valence-electron chi connectivity index (χ4n) is 4.86. The molecule has 0 aliphatic heterocycles. The van der Waals surface area contributed by atoms with Crippen LogP contribution < -0.4 is 9.62 Å². The molecule has 0 fully saturated rings. The molecule has 4 rings (SSSR count). The van der Waals surface area contributed by atoms with Crippen molar-refractivity contribution < 1.29 is 18.0 Å². The number of hydrogen-bond acceptors (Lipinski definition) is 4. The zero-order valence-corrected chi connectivity index (χ0v) is 29.7. The number of nitrogens with zero attached hydrogens (tertiary/aromatic N) is 2. The second kappa shape index (κ2) is 16.0. The number of carbonyl (C=O) groups excluding carboxylic acids is 2. The highest BCUT2D eigenvalue weighted by molar-refractivity contribution is 9.10. The molecule has 0 saturated carbocycles. The van der Waals surface area contributed by atoms with Crippen molar-refractivity contribution in [3.8, 4) is 0 Å². The average Bonchev–Trinajstić information content (AvgIpc) is 3.00. The summed E-state index contributed by atoms with van der Waals surface area (Å²) in [5.41, 5.74) is 2.61. The maximum absolute atomic E-state index is 14.6. The van der Waals surface area contributed by atoms with E-state index >= 15 is 0 Å². The molecule has 0 spiro atoms. The van der Waals surface area contributed by atoms with E-state index in [1.54, 1.807) is 12.1 Å². The first-order valence-electron chi connectivity index (χ1n) is 14.7. The number of anilines is 1. The maximum atomic E-state index is 14.6. The Labute approximate surface area is 289 Å². The van der Waals surface area contributed by atoms with Gasteiger partial charge in [0.25, 0.3) is 10.0 Å². The van der Waals surface area contributed by atoms with E-state index in [9.17, 15) is 18.0 Å². The summed E-state index contributed by atoms with van der Waals surface area (Å²) in [6, 6.07) is 26.6. The van der Waals surface area contributed by atoms with Crippen molar-refractivity contribution in [2.75, 3.05) is 17.4 Å². The standard InChI is InChI=1S/C35H36BrCl2N3O4S/c1-24(2)21-39-35(43)33(17-26-8-5-4-6-9-26)40(22-27-10-7-11-28(36)16-27)34(42)23-41(31-19-29(37)18-30(38)20-31)46(44,45)32-14-12-25(3)13-15-32/h4-16,18-20,24,33H,17,21-23H2,1-3H3,(H,39,43)/t33-/m1/s1. The van der Waals surface area contributed by atoms with Crippen molar-refractivity contribution >= 4 is 66.7 Å². The van der Waals surface area contributed by atoms with Gasteiger partial charge in [-0.3, -0.25) is 13.9 Å². The number of halogens is 3. The van der Waals surface area contributed by atoms with Gasteiger partial charge >= 0.3 is 0 Å². The van der Waals surface area contributed by atoms with Crippen LogP contribution in [0, 0.1) is 12.8 Å². The van der Waals surface area contributed by atoms with E-state index in [1.165, 1.54) is 35.2 Å². The monoisotopic (exact) mass is 743 g/mol. The smallest absolute Gasteiger partial charge is 0.264 e. The molecular formula is C35H36BrCl2N3O4S. The van der Waals surface area contributed by atoms with Gasteiger partial charge in [0.15, 0.2) is 0 Å². The van der Waals surface area contributed by atoms with Gasteiger partial charge in [0, 0.05) is 34.0 Å². The van der Waals surface area contributed by atoms with Crippen molar-refractivity contribution in [3.63, 3.8) is 0 Å². The molecule has 0 aliphatic carbocycles. The van der Waals surface area contributed by atoms with Crippen LogP contribution in [0.15, 0.2) is 106 Å². The van der Waals surface area contributed by atoms with E-state index in [-0.39, 0.29) is 45.4 Å². The van der Waals surface area contributed by atoms with Crippen molar-refractivity contribution in [2.45, 2.75) is 44.7 Å². The summed E-state index contributed by atoms with van der Waals surface area (Å²) in [4.78, 5) is 29.9. The molecule has 11 heteroatoms. The number of carbonyl (C=O) groups is 2. The van der Waals surface area contributed by atoms with E-state index < -0.39 is 28.5 Å². The van der Waals surface area contributed by atoms with Crippen molar-refractivity contribution in [2.24, 2.45) is 5.92 Å². The fourth-order valence-corrected chi connectivity index (χ4v) is 7.22. The molecule has 0 aromatic heterocycles. The first kappa shape index (κ1) is 35.5. The van der Waals surface area contributed by atoms with Gasteiger partial charge in [-0.05, 0) is 66.4 Å². The molecular weight excluding hydrogens is 709 g/mol. The quantitative estimate of drug-likeness (QED) is 0.152. The Balaban J connectivity index is 1.82. The zero-order valence-electron chi connectivity index (χ0n) is 25.8. The number of hydrogen-bond donors (Lipinski definition) is 1. The Morgan fingerprint density at radius 1 is 0.848 bits per heavy atom. The third kappa shape index (κ3) is 9.58. The highest BCUT2D eigenvalue weighted by atomic mass is 79.9. The van der Waals surface area contributed by atoms with E-state index in [0.717, 1.165) is 25.5 Å². The molecule has 1 atom stereocenters. The summed E-state index contributed by atoms with van der Waals surface area (Å²) in [6.45, 7) is 5.69. The molecule has 2 amide bonds. The van der Waals surface area contributed by atoms with E-state index in [1.807, 2.05) is 75.4 Å². The first-order chi connectivity index (χ1) is 21.8. The second-order valence-electron chi connectivity index (χ2n) is 11.4. The van der Waals surface area contributed by atoms with Gasteiger partial charge in [-0.2, -0.15) is 0 Å². The molecule has 46 heavy (non-hydrogen) atoms. The van der Waals surface area contributed by atoms with Gasteiger partial charge in [-0.15, -0.1) is 0 Å². The Morgan fingerprint density at radius 3 is 2.09 bits per heavy atom. The minimum Gasteiger partial charge on any atom is -0.354 e. The lowest BCUT2D eigenvalue weighted by Crippen LogP contribution is -2.53. The molecule has 0 unspecified atom stereocenters. The molecule has 1 N–H and O–H groups in total. The lowest BCUT2D eigenvalue weighted by atomic mass is 10.0. The van der Waals surface area contributed by atoms with Gasteiger partial charge in [0.05, 0.1) is 10.6 Å². The number of sulfonamides is 1. The Kier molecular flexibility index (Phi) is 12.3. The number of benzene rings is 4. The molecule has 0 saturated heterocycles. The van der Waals surface area contributed by atoms with Gasteiger partial charge in [-0.1, -0.05) is 113 Å². The third-order valence-corrected chi connectivity index (χ3v) is 9.94. The van der Waals surface area contributed by atoms with Crippen molar-refractivity contribution in [1.29, 1.82) is 0 Å². The summed E-state index contributed by atoms with van der Waals surface area (Å²) >= 11 is 16.1. The molecule has 0 aliphatic rings. The lowest BCUT2D eigenvalue weighted by Gasteiger charge is -2.34. The van der Waals surface area contributed by atoms with Crippen LogP contribution in [-0.2, 0) is 32.6 Å². The zero-order chi connectivity index (χ0) is 33.4. The molecule has 0 heterocycles. The van der Waals surface area contributed by atoms with E-state index in [4.69, 9.17) is 23.2 Å². The highest BCUT2D eigenvalue weighted by Crippen LogP contribution is 2.30. The number of rotatable bonds is 13. The predicted molar refractivity (Wildman–Crippen MR) is 189 cm³/mol. The molecule has 4 aromatic carbocycles. The van der Waals surface area contributed by atoms with E-state index in [2.05, 4.69) is 21.2 Å². The van der Waals surface area contributed by atoms with Crippen LogP contribution in [0.2, 0.25) is 10.0 Å². The predicted octanol–water partition coefficient (Wildman–Crippen LogP) is 7.67. The minimum absolute atomic E-state index is 0.00366. The normalized spacial score (nSPS) is 12.1. The lowest BCUT2D eigenvalue weighted by molar-refractivity contribution is -0.140. The average molecular weight is 746 g/mol. The molecule has 242 valence electrons. The van der Waals surface area contributed by atoms with Gasteiger partial charge in [0.2, 0.25) is 11.8 Å². The van der Waals surface area contributed by atoms with Gasteiger partial charge in [-0.25, -0.2) is 8.42 Å². The molecule has 0 radical (unpaired) electrons.